The van der Waals surface area contributed by atoms with Crippen LogP contribution in [0.2, 0.25) is 0 Å². The van der Waals surface area contributed by atoms with Crippen molar-refractivity contribution in [1.82, 2.24) is 0 Å². The Morgan fingerprint density at radius 2 is 2.08 bits per heavy atom. The molecule has 13 heavy (non-hydrogen) atoms. The highest BCUT2D eigenvalue weighted by atomic mass is 16.7. The van der Waals surface area contributed by atoms with E-state index < -0.39 is 0 Å². The topological polar surface area (TPSA) is 18.5 Å². The Morgan fingerprint density at radius 1 is 1.31 bits per heavy atom. The van der Waals surface area contributed by atoms with Crippen LogP contribution in [-0.2, 0) is 9.47 Å². The van der Waals surface area contributed by atoms with E-state index in [-0.39, 0.29) is 6.29 Å². The molecular weight excluding hydrogens is 164 g/mol. The van der Waals surface area contributed by atoms with Gasteiger partial charge in [-0.3, -0.25) is 0 Å². The van der Waals surface area contributed by atoms with Crippen molar-refractivity contribution in [2.24, 2.45) is 0 Å². The van der Waals surface area contributed by atoms with Crippen molar-refractivity contribution in [2.75, 3.05) is 7.11 Å². The van der Waals surface area contributed by atoms with Gasteiger partial charge in [0.15, 0.2) is 0 Å². The van der Waals surface area contributed by atoms with Crippen LogP contribution in [0.15, 0.2) is 30.0 Å². The lowest BCUT2D eigenvalue weighted by Gasteiger charge is -2.24. The summed E-state index contributed by atoms with van der Waals surface area (Å²) in [6.07, 6.45) is 1.77. The summed E-state index contributed by atoms with van der Waals surface area (Å²) in [5, 5.41) is 0. The van der Waals surface area contributed by atoms with E-state index in [0.29, 0.717) is 0 Å². The second kappa shape index (κ2) is 3.23. The molecule has 0 bridgehead atoms. The fourth-order valence-electron chi connectivity index (χ4n) is 1.52. The van der Waals surface area contributed by atoms with Crippen molar-refractivity contribution in [3.05, 3.63) is 41.2 Å². The van der Waals surface area contributed by atoms with Gasteiger partial charge in [-0.15, -0.1) is 0 Å². The Morgan fingerprint density at radius 3 is 2.85 bits per heavy atom. The van der Waals surface area contributed by atoms with Gasteiger partial charge in [0.1, 0.15) is 0 Å². The van der Waals surface area contributed by atoms with Gasteiger partial charge >= 0.3 is 0 Å². The van der Waals surface area contributed by atoms with E-state index in [4.69, 9.17) is 9.47 Å². The molecule has 1 aromatic rings. The molecule has 1 aliphatic rings. The molecule has 1 unspecified atom stereocenters. The number of fused-ring (bicyclic) bond motifs is 1. The van der Waals surface area contributed by atoms with E-state index in [0.717, 1.165) is 11.3 Å². The van der Waals surface area contributed by atoms with Gasteiger partial charge in [0.25, 0.3) is 0 Å². The molecule has 1 aromatic carbocycles. The first-order valence-corrected chi connectivity index (χ1v) is 4.28. The molecule has 1 atom stereocenters. The maximum Gasteiger partial charge on any atom is 0.226 e. The van der Waals surface area contributed by atoms with Crippen LogP contribution in [0.5, 0.6) is 0 Å². The maximum absolute atomic E-state index is 5.50. The molecule has 0 aliphatic carbocycles. The predicted molar refractivity (Wildman–Crippen MR) is 50.9 cm³/mol. The second-order valence-electron chi connectivity index (χ2n) is 3.07. The van der Waals surface area contributed by atoms with E-state index in [1.807, 2.05) is 31.2 Å². The first kappa shape index (κ1) is 8.32. The third kappa shape index (κ3) is 1.45. The van der Waals surface area contributed by atoms with Crippen LogP contribution in [0.25, 0.3) is 6.08 Å². The predicted octanol–water partition coefficient (Wildman–Crippen LogP) is 2.72. The Bertz CT molecular complexity index is 342. The molecule has 0 saturated heterocycles. The van der Waals surface area contributed by atoms with Crippen molar-refractivity contribution < 1.29 is 9.47 Å². The van der Waals surface area contributed by atoms with E-state index in [2.05, 4.69) is 6.07 Å². The highest BCUT2D eigenvalue weighted by Crippen LogP contribution is 2.30. The largest absolute Gasteiger partial charge is 0.465 e. The Kier molecular flexibility index (Phi) is 2.07. The summed E-state index contributed by atoms with van der Waals surface area (Å²) in [7, 11) is 1.65. The average molecular weight is 176 g/mol. The lowest BCUT2D eigenvalue weighted by Crippen LogP contribution is -2.10. The van der Waals surface area contributed by atoms with Crippen LogP contribution in [0, 0.1) is 0 Å². The highest BCUT2D eigenvalue weighted by Gasteiger charge is 2.19. The zero-order valence-corrected chi connectivity index (χ0v) is 7.78. The Balaban J connectivity index is 2.48. The molecule has 0 fully saturated rings. The fourth-order valence-corrected chi connectivity index (χ4v) is 1.52. The standard InChI is InChI=1S/C11H12O2/c1-8-7-9-5-3-4-6-10(9)11(12-2)13-8/h3-7,11H,1-2H3. The zero-order valence-electron chi connectivity index (χ0n) is 7.78. The number of rotatable bonds is 1. The smallest absolute Gasteiger partial charge is 0.226 e. The number of methoxy groups -OCH3 is 1. The molecule has 2 nitrogen and oxygen atoms in total. The van der Waals surface area contributed by atoms with E-state index in [9.17, 15) is 0 Å². The lowest BCUT2D eigenvalue weighted by atomic mass is 10.0. The van der Waals surface area contributed by atoms with Gasteiger partial charge in [0.2, 0.25) is 6.29 Å². The first-order chi connectivity index (χ1) is 6.31. The third-order valence-corrected chi connectivity index (χ3v) is 2.12. The normalized spacial score (nSPS) is 20.2. The molecule has 2 heteroatoms. The minimum Gasteiger partial charge on any atom is -0.465 e. The number of ether oxygens (including phenoxy) is 2. The first-order valence-electron chi connectivity index (χ1n) is 4.28. The third-order valence-electron chi connectivity index (χ3n) is 2.12. The summed E-state index contributed by atoms with van der Waals surface area (Å²) in [4.78, 5) is 0. The van der Waals surface area contributed by atoms with E-state index in [1.54, 1.807) is 7.11 Å². The molecule has 0 radical (unpaired) electrons. The Labute approximate surface area is 77.8 Å². The summed E-state index contributed by atoms with van der Waals surface area (Å²) in [6.45, 7) is 1.93. The van der Waals surface area contributed by atoms with Crippen molar-refractivity contribution in [2.45, 2.75) is 13.2 Å². The monoisotopic (exact) mass is 176 g/mol. The highest BCUT2D eigenvalue weighted by molar-refractivity contribution is 5.57. The maximum atomic E-state index is 5.50. The molecular formula is C11H12O2. The molecule has 2 rings (SSSR count). The van der Waals surface area contributed by atoms with Gasteiger partial charge < -0.3 is 9.47 Å². The van der Waals surface area contributed by atoms with Gasteiger partial charge in [-0.25, -0.2) is 0 Å². The Hall–Kier alpha value is -1.28. The van der Waals surface area contributed by atoms with Crippen LogP contribution < -0.4 is 0 Å². The fraction of sp³-hybridized carbons (Fsp3) is 0.273. The van der Waals surface area contributed by atoms with Crippen LogP contribution in [-0.4, -0.2) is 7.11 Å². The van der Waals surface area contributed by atoms with Crippen LogP contribution in [0.4, 0.5) is 0 Å². The van der Waals surface area contributed by atoms with Gasteiger partial charge in [-0.1, -0.05) is 24.3 Å². The van der Waals surface area contributed by atoms with Gasteiger partial charge in [0, 0.05) is 12.7 Å². The summed E-state index contributed by atoms with van der Waals surface area (Å²) in [5.41, 5.74) is 2.27. The van der Waals surface area contributed by atoms with Crippen LogP contribution in [0.1, 0.15) is 24.3 Å². The molecule has 0 saturated carbocycles. The SMILES string of the molecule is COC1OC(C)=Cc2ccccc21. The lowest BCUT2D eigenvalue weighted by molar-refractivity contribution is -0.0985. The van der Waals surface area contributed by atoms with Gasteiger partial charge in [0.05, 0.1) is 5.76 Å². The van der Waals surface area contributed by atoms with Crippen molar-refractivity contribution in [1.29, 1.82) is 0 Å². The number of benzene rings is 1. The molecule has 68 valence electrons. The van der Waals surface area contributed by atoms with Crippen LogP contribution >= 0.6 is 0 Å². The zero-order chi connectivity index (χ0) is 9.26. The second-order valence-corrected chi connectivity index (χ2v) is 3.07. The van der Waals surface area contributed by atoms with Crippen molar-refractivity contribution in [3.63, 3.8) is 0 Å². The number of allylic oxidation sites excluding steroid dienone is 1. The molecule has 0 aromatic heterocycles. The summed E-state index contributed by atoms with van der Waals surface area (Å²) in [6, 6.07) is 8.09. The molecule has 0 N–H and O–H groups in total. The van der Waals surface area contributed by atoms with Crippen molar-refractivity contribution in [3.8, 4) is 0 Å². The van der Waals surface area contributed by atoms with E-state index in [1.165, 1.54) is 5.56 Å². The molecule has 0 spiro atoms. The average Bonchev–Trinajstić information content (AvgIpc) is 2.16. The van der Waals surface area contributed by atoms with Crippen molar-refractivity contribution >= 4 is 6.08 Å². The van der Waals surface area contributed by atoms with Gasteiger partial charge in [-0.2, -0.15) is 0 Å². The molecule has 1 heterocycles. The van der Waals surface area contributed by atoms with E-state index >= 15 is 0 Å². The summed E-state index contributed by atoms with van der Waals surface area (Å²) >= 11 is 0. The molecule has 0 amide bonds. The minimum absolute atomic E-state index is 0.249. The summed E-state index contributed by atoms with van der Waals surface area (Å²) in [5.74, 6) is 0.894. The number of hydrogen-bond acceptors (Lipinski definition) is 2. The quantitative estimate of drug-likeness (QED) is 0.655. The number of hydrogen-bond donors (Lipinski definition) is 0. The van der Waals surface area contributed by atoms with Crippen LogP contribution in [0.3, 0.4) is 0 Å². The molecule has 1 aliphatic heterocycles. The minimum atomic E-state index is -0.249. The van der Waals surface area contributed by atoms with Gasteiger partial charge in [-0.05, 0) is 18.6 Å². The summed E-state index contributed by atoms with van der Waals surface area (Å²) < 4.78 is 10.7.